The third-order valence-corrected chi connectivity index (χ3v) is 4.38. The summed E-state index contributed by atoms with van der Waals surface area (Å²) in [6.07, 6.45) is 6.33. The maximum absolute atomic E-state index is 12.3. The summed E-state index contributed by atoms with van der Waals surface area (Å²) >= 11 is 0. The van der Waals surface area contributed by atoms with Crippen molar-refractivity contribution in [3.8, 4) is 18.1 Å². The summed E-state index contributed by atoms with van der Waals surface area (Å²) < 4.78 is 5.58. The van der Waals surface area contributed by atoms with Crippen LogP contribution in [0.4, 0.5) is 0 Å². The average molecular weight is 344 g/mol. The summed E-state index contributed by atoms with van der Waals surface area (Å²) in [7, 11) is 0. The van der Waals surface area contributed by atoms with Gasteiger partial charge in [0.2, 0.25) is 5.91 Å². The van der Waals surface area contributed by atoms with Crippen molar-refractivity contribution in [1.82, 2.24) is 10.2 Å². The van der Waals surface area contributed by atoms with Crippen molar-refractivity contribution in [1.29, 1.82) is 0 Å². The minimum Gasteiger partial charge on any atom is -0.491 e. The molecule has 1 aliphatic heterocycles. The van der Waals surface area contributed by atoms with E-state index >= 15 is 0 Å². The maximum atomic E-state index is 12.3. The molecule has 1 aromatic rings. The molecule has 1 fully saturated rings. The summed E-state index contributed by atoms with van der Waals surface area (Å²) in [5, 5.41) is 13.1. The van der Waals surface area contributed by atoms with Crippen LogP contribution in [0.15, 0.2) is 24.3 Å². The van der Waals surface area contributed by atoms with E-state index in [2.05, 4.69) is 16.1 Å². The van der Waals surface area contributed by atoms with Gasteiger partial charge in [0.05, 0.1) is 18.8 Å². The Morgan fingerprint density at radius 2 is 2.00 bits per heavy atom. The summed E-state index contributed by atoms with van der Waals surface area (Å²) in [6, 6.07) is 7.32. The Bertz CT molecular complexity index is 584. The second-order valence-corrected chi connectivity index (χ2v) is 6.75. The standard InChI is InChI=1S/C20H28N2O3/c1-4-11-22-12-9-17(10-13-22)20(24)21-14-19(23)16-5-7-18(8-6-16)25-15(2)3/h1,5-8,15,17,19,23H,9-14H2,2-3H3,(H,21,24)/t19-/m1/s1. The van der Waals surface area contributed by atoms with E-state index in [0.717, 1.165) is 37.2 Å². The van der Waals surface area contributed by atoms with Crippen molar-refractivity contribution in [2.75, 3.05) is 26.2 Å². The fourth-order valence-corrected chi connectivity index (χ4v) is 2.98. The zero-order chi connectivity index (χ0) is 18.2. The number of amides is 1. The number of hydrogen-bond acceptors (Lipinski definition) is 4. The van der Waals surface area contributed by atoms with Crippen LogP contribution in [0, 0.1) is 18.3 Å². The van der Waals surface area contributed by atoms with Crippen LogP contribution >= 0.6 is 0 Å². The van der Waals surface area contributed by atoms with Crippen molar-refractivity contribution in [2.45, 2.75) is 38.9 Å². The highest BCUT2D eigenvalue weighted by Crippen LogP contribution is 2.20. The predicted octanol–water partition coefficient (Wildman–Crippen LogP) is 1.97. The molecule has 2 rings (SSSR count). The topological polar surface area (TPSA) is 61.8 Å². The van der Waals surface area contributed by atoms with Crippen molar-refractivity contribution >= 4 is 5.91 Å². The van der Waals surface area contributed by atoms with Crippen molar-refractivity contribution in [3.05, 3.63) is 29.8 Å². The van der Waals surface area contributed by atoms with E-state index in [1.165, 1.54) is 0 Å². The fraction of sp³-hybridized carbons (Fsp3) is 0.550. The van der Waals surface area contributed by atoms with Crippen LogP contribution in [0.25, 0.3) is 0 Å². The molecule has 0 aliphatic carbocycles. The number of aliphatic hydroxyl groups is 1. The molecule has 1 aliphatic rings. The molecule has 1 saturated heterocycles. The van der Waals surface area contributed by atoms with E-state index in [1.807, 2.05) is 38.1 Å². The summed E-state index contributed by atoms with van der Waals surface area (Å²) in [6.45, 7) is 6.49. The fourth-order valence-electron chi connectivity index (χ4n) is 2.98. The van der Waals surface area contributed by atoms with Crippen molar-refractivity contribution in [3.63, 3.8) is 0 Å². The Hall–Kier alpha value is -2.03. The molecule has 1 atom stereocenters. The van der Waals surface area contributed by atoms with Crippen LogP contribution in [0.2, 0.25) is 0 Å². The molecule has 0 bridgehead atoms. The lowest BCUT2D eigenvalue weighted by Crippen LogP contribution is -2.41. The number of likely N-dealkylation sites (tertiary alicyclic amines) is 1. The zero-order valence-corrected chi connectivity index (χ0v) is 15.1. The Labute approximate surface area is 150 Å². The largest absolute Gasteiger partial charge is 0.491 e. The van der Waals surface area contributed by atoms with E-state index < -0.39 is 6.10 Å². The molecule has 1 heterocycles. The van der Waals surface area contributed by atoms with Crippen LogP contribution in [-0.2, 0) is 4.79 Å². The molecular weight excluding hydrogens is 316 g/mol. The highest BCUT2D eigenvalue weighted by atomic mass is 16.5. The first kappa shape index (κ1) is 19.3. The third kappa shape index (κ3) is 6.08. The summed E-state index contributed by atoms with van der Waals surface area (Å²) in [5.41, 5.74) is 0.764. The highest BCUT2D eigenvalue weighted by Gasteiger charge is 2.24. The quantitative estimate of drug-likeness (QED) is 0.743. The smallest absolute Gasteiger partial charge is 0.223 e. The van der Waals surface area contributed by atoms with Crippen molar-refractivity contribution < 1.29 is 14.6 Å². The van der Waals surface area contributed by atoms with Gasteiger partial charge in [0.1, 0.15) is 5.75 Å². The van der Waals surface area contributed by atoms with Crippen LogP contribution in [0.1, 0.15) is 38.4 Å². The molecule has 5 heteroatoms. The number of terminal acetylenes is 1. The van der Waals surface area contributed by atoms with Gasteiger partial charge in [0, 0.05) is 12.5 Å². The van der Waals surface area contributed by atoms with Gasteiger partial charge < -0.3 is 15.2 Å². The van der Waals surface area contributed by atoms with Gasteiger partial charge in [-0.25, -0.2) is 0 Å². The minimum atomic E-state index is -0.724. The Balaban J connectivity index is 1.77. The number of hydrogen-bond donors (Lipinski definition) is 2. The van der Waals surface area contributed by atoms with E-state index in [1.54, 1.807) is 0 Å². The van der Waals surface area contributed by atoms with Gasteiger partial charge in [0.15, 0.2) is 0 Å². The number of piperidine rings is 1. The lowest BCUT2D eigenvalue weighted by Gasteiger charge is -2.30. The van der Waals surface area contributed by atoms with Gasteiger partial charge >= 0.3 is 0 Å². The lowest BCUT2D eigenvalue weighted by atomic mass is 9.96. The van der Waals surface area contributed by atoms with E-state index in [0.29, 0.717) is 6.54 Å². The molecule has 0 unspecified atom stereocenters. The minimum absolute atomic E-state index is 0.00282. The van der Waals surface area contributed by atoms with Gasteiger partial charge in [-0.1, -0.05) is 18.1 Å². The Morgan fingerprint density at radius 1 is 1.36 bits per heavy atom. The molecule has 5 nitrogen and oxygen atoms in total. The molecule has 0 spiro atoms. The molecule has 0 aromatic heterocycles. The molecule has 0 radical (unpaired) electrons. The first-order valence-corrected chi connectivity index (χ1v) is 8.87. The Morgan fingerprint density at radius 3 is 2.56 bits per heavy atom. The number of rotatable bonds is 7. The number of carbonyl (C=O) groups is 1. The van der Waals surface area contributed by atoms with Gasteiger partial charge in [-0.3, -0.25) is 9.69 Å². The Kier molecular flexibility index (Phi) is 7.30. The van der Waals surface area contributed by atoms with Crippen LogP contribution in [0.3, 0.4) is 0 Å². The average Bonchev–Trinajstić information content (AvgIpc) is 2.60. The number of benzene rings is 1. The number of nitrogens with one attached hydrogen (secondary N) is 1. The first-order valence-electron chi connectivity index (χ1n) is 8.87. The van der Waals surface area contributed by atoms with Gasteiger partial charge in [-0.2, -0.15) is 0 Å². The second kappa shape index (κ2) is 9.45. The number of carbonyl (C=O) groups excluding carboxylic acids is 1. The van der Waals surface area contributed by atoms with E-state index in [-0.39, 0.29) is 24.5 Å². The number of ether oxygens (including phenoxy) is 1. The van der Waals surface area contributed by atoms with Crippen LogP contribution in [-0.4, -0.2) is 48.2 Å². The second-order valence-electron chi connectivity index (χ2n) is 6.75. The number of aliphatic hydroxyl groups excluding tert-OH is 1. The van der Waals surface area contributed by atoms with E-state index in [9.17, 15) is 9.90 Å². The van der Waals surface area contributed by atoms with Gasteiger partial charge in [-0.15, -0.1) is 6.42 Å². The number of nitrogens with zero attached hydrogens (tertiary/aromatic N) is 1. The summed E-state index contributed by atoms with van der Waals surface area (Å²) in [4.78, 5) is 14.5. The van der Waals surface area contributed by atoms with Crippen molar-refractivity contribution in [2.24, 2.45) is 5.92 Å². The predicted molar refractivity (Wildman–Crippen MR) is 98.2 cm³/mol. The summed E-state index contributed by atoms with van der Waals surface area (Å²) in [5.74, 6) is 3.43. The zero-order valence-electron chi connectivity index (χ0n) is 15.1. The van der Waals surface area contributed by atoms with Crippen LogP contribution < -0.4 is 10.1 Å². The molecule has 0 saturated carbocycles. The van der Waals surface area contributed by atoms with E-state index in [4.69, 9.17) is 11.2 Å². The monoisotopic (exact) mass is 344 g/mol. The molecule has 1 amide bonds. The molecule has 25 heavy (non-hydrogen) atoms. The molecular formula is C20H28N2O3. The normalized spacial score (nSPS) is 17.1. The molecule has 1 aromatic carbocycles. The molecule has 2 N–H and O–H groups in total. The third-order valence-electron chi connectivity index (χ3n) is 4.38. The molecule has 136 valence electrons. The first-order chi connectivity index (χ1) is 12.0. The maximum Gasteiger partial charge on any atom is 0.223 e. The van der Waals surface area contributed by atoms with Gasteiger partial charge in [0.25, 0.3) is 0 Å². The van der Waals surface area contributed by atoms with Gasteiger partial charge in [-0.05, 0) is 57.5 Å². The SMILES string of the molecule is C#CCN1CCC(C(=O)NC[C@@H](O)c2ccc(OC(C)C)cc2)CC1. The van der Waals surface area contributed by atoms with Crippen LogP contribution in [0.5, 0.6) is 5.75 Å². The lowest BCUT2D eigenvalue weighted by molar-refractivity contribution is -0.126. The highest BCUT2D eigenvalue weighted by molar-refractivity contribution is 5.78.